The van der Waals surface area contributed by atoms with Gasteiger partial charge in [-0.3, -0.25) is 0 Å². The molecule has 2 aliphatic rings. The van der Waals surface area contributed by atoms with E-state index in [4.69, 9.17) is 32.9 Å². The summed E-state index contributed by atoms with van der Waals surface area (Å²) in [6.45, 7) is 6.04. The summed E-state index contributed by atoms with van der Waals surface area (Å²) in [6, 6.07) is 91.4. The molecule has 9 heterocycles. The van der Waals surface area contributed by atoms with Crippen LogP contribution in [0.25, 0.3) is 168 Å². The molecule has 6 N–H and O–H groups in total. The van der Waals surface area contributed by atoms with Crippen molar-refractivity contribution in [3.63, 3.8) is 0 Å². The Kier molecular flexibility index (Phi) is 28.3. The molecule has 34 heteroatoms. The average Bonchev–Trinajstić information content (AvgIpc) is 1.75. The molecule has 0 atom stereocenters. The second-order valence-corrected chi connectivity index (χ2v) is 39.2. The Hall–Kier alpha value is -15.6. The third-order valence-electron chi connectivity index (χ3n) is 23.6. The van der Waals surface area contributed by atoms with Gasteiger partial charge in [-0.2, -0.15) is 51.3 Å². The van der Waals surface area contributed by atoms with Crippen LogP contribution in [-0.4, -0.2) is 98.1 Å². The minimum absolute atomic E-state index is 0.0372. The van der Waals surface area contributed by atoms with Crippen molar-refractivity contribution in [2.45, 2.75) is 87.0 Å². The number of H-pyrrole nitrogens is 1. The molecule has 0 amide bonds. The highest BCUT2D eigenvalue weighted by Crippen LogP contribution is 2.45. The number of sulfonamides is 2. The lowest BCUT2D eigenvalue weighted by atomic mass is 9.84. The monoisotopic (exact) mass is 1970 g/mol. The van der Waals surface area contributed by atoms with E-state index in [1.165, 1.54) is 136 Å². The third-order valence-corrected chi connectivity index (χ3v) is 27.5. The number of aryl methyl sites for hydroxylation is 2. The van der Waals surface area contributed by atoms with Crippen molar-refractivity contribution in [3.8, 4) is 157 Å². The third kappa shape index (κ3) is 22.7. The van der Waals surface area contributed by atoms with Gasteiger partial charge in [-0.05, 0) is 242 Å². The molecule has 710 valence electrons. The number of aromatic nitrogens is 11. The number of fused-ring (bicyclic) bond motifs is 2. The smallest absolute Gasteiger partial charge is 0.384 e. The van der Waals surface area contributed by atoms with E-state index in [9.17, 15) is 43.2 Å². The molecule has 1 aliphatic carbocycles. The van der Waals surface area contributed by atoms with Gasteiger partial charge in [0.1, 0.15) is 0 Å². The van der Waals surface area contributed by atoms with Gasteiger partial charge in [-0.1, -0.05) is 227 Å². The summed E-state index contributed by atoms with van der Waals surface area (Å²) >= 11 is 3.36. The molecule has 1 saturated carbocycles. The molecule has 8 aromatic heterocycles. The van der Waals surface area contributed by atoms with Gasteiger partial charge in [0, 0.05) is 90.1 Å². The van der Waals surface area contributed by atoms with Crippen LogP contribution < -0.4 is 15.6 Å². The molecule has 0 radical (unpaired) electrons. The van der Waals surface area contributed by atoms with E-state index in [-0.39, 0.29) is 49.7 Å². The maximum absolute atomic E-state index is 13.8. The highest BCUT2D eigenvalue weighted by Gasteiger charge is 2.37. The number of primary sulfonamides is 2. The summed E-state index contributed by atoms with van der Waals surface area (Å²) in [4.78, 5) is 31.9. The number of anilines is 1. The molecule has 22 rings (SSSR count). The largest absolute Gasteiger partial charge is 0.417 e. The van der Waals surface area contributed by atoms with Gasteiger partial charge >= 0.3 is 12.4 Å². The highest BCUT2D eigenvalue weighted by molar-refractivity contribution is 7.89. The van der Waals surface area contributed by atoms with E-state index < -0.39 is 43.5 Å². The number of alkyl halides is 6. The second kappa shape index (κ2) is 41.6. The Morgan fingerprint density at radius 1 is 0.383 bits per heavy atom. The number of hydrogen-bond donors (Lipinski definition) is 4. The van der Waals surface area contributed by atoms with Gasteiger partial charge in [0.05, 0.1) is 30.7 Å². The molecule has 0 unspecified atom stereocenters. The van der Waals surface area contributed by atoms with E-state index in [2.05, 4.69) is 165 Å². The maximum atomic E-state index is 13.8. The first-order valence-corrected chi connectivity index (χ1v) is 49.3. The van der Waals surface area contributed by atoms with Gasteiger partial charge in [0.25, 0.3) is 29.5 Å². The van der Waals surface area contributed by atoms with Crippen molar-refractivity contribution in [2.24, 2.45) is 10.3 Å². The zero-order valence-electron chi connectivity index (χ0n) is 75.9. The standard InChI is InChI=1S/C24H20F3N3O.C21H14F3N3O3S.C21H15N3OS.C21H17N3OS.C20H21N3O3S/c1-30(2)15-16-8-10-18(11-9-16)22-28-23(31-29-22)19-12-13-20(17-6-4-3-5-7-17)21(14-19)24(25,26)27;22-21(23,24)18-12-15(8-11-17(18)13-4-2-1-3-5-13)20-26-19(27-30-20)14-6-9-16(10-7-14)31(25,28)29;1-13-17(14-6-3-2-4-7-14)12-19(26-13)21-23-20(24-25-21)16-8-5-9-18-15(16)10-11-22-18;1-13-17(14-5-3-2-4-6-14)12-19(26-13)21-23-20(24-25-21)16-7-8-18-15(11-16)9-10-22-18;21-27(24,25)18-12-10-16(11-13-18)19-22-20(26-23-19)17-8-6-15(7-9-17)14-4-2-1-3-5-14/h3-14H,15H2,1-2H3;1-12H,(H2,25,28,29);2-12,22H,1H3;2-8,11-12,22H,9-10H2,1H3;6-14H,1-5H2,(H2,21,24,25). The number of nitrogens with zero attached hydrogens (tertiary/aromatic N) is 11. The van der Waals surface area contributed by atoms with Gasteiger partial charge in [0.15, 0.2) is 0 Å². The van der Waals surface area contributed by atoms with Crippen molar-refractivity contribution in [2.75, 3.05) is 26.0 Å². The quantitative estimate of drug-likeness (QED) is 0.0546. The SMILES string of the molecule is CN(C)Cc1ccc(-c2noc(-c3ccc(-c4ccccc4)c(C(F)(F)F)c3)n2)cc1.Cc1sc(-c2nc(-c3ccc4c(c3)CCN4)no2)cc1-c1ccccc1.Cc1sc(-c2nc(-c3cccc4[nH]ccc34)no2)cc1-c1ccccc1.NS(=O)(=O)c1ccc(-c2noc(-c3ccc(-c4ccccc4)c(C(F)(F)F)c3)n2)cc1.NS(=O)(=O)c1ccc(-c2noc(-c3ccc(C4CCCCC4)cc3)n2)cc1. The summed E-state index contributed by atoms with van der Waals surface area (Å²) < 4.78 is 155. The molecular weight excluding hydrogens is 1880 g/mol. The number of thiophene rings is 2. The summed E-state index contributed by atoms with van der Waals surface area (Å²) in [6.07, 6.45) is 0.338. The van der Waals surface area contributed by atoms with E-state index in [1.807, 2.05) is 99.2 Å². The van der Waals surface area contributed by atoms with Crippen LogP contribution >= 0.6 is 22.7 Å². The predicted molar refractivity (Wildman–Crippen MR) is 533 cm³/mol. The Morgan fingerprint density at radius 3 is 1.22 bits per heavy atom. The Labute approximate surface area is 814 Å². The molecule has 0 spiro atoms. The van der Waals surface area contributed by atoms with Crippen LogP contribution in [0.2, 0.25) is 0 Å². The first-order chi connectivity index (χ1) is 68.0. The van der Waals surface area contributed by atoms with Crippen LogP contribution in [0.3, 0.4) is 0 Å². The highest BCUT2D eigenvalue weighted by atomic mass is 32.2. The van der Waals surface area contributed by atoms with E-state index in [1.54, 1.807) is 102 Å². The average molecular weight is 1970 g/mol. The molecule has 0 saturated heterocycles. The topological polar surface area (TPSA) is 346 Å². The van der Waals surface area contributed by atoms with Gasteiger partial charge in [-0.25, -0.2) is 27.1 Å². The number of benzene rings is 12. The number of nitrogens with one attached hydrogen (secondary N) is 2. The number of halogens is 6. The maximum Gasteiger partial charge on any atom is 0.417 e. The number of rotatable bonds is 19. The lowest BCUT2D eigenvalue weighted by molar-refractivity contribution is -0.137. The van der Waals surface area contributed by atoms with E-state index in [0.717, 1.165) is 80.1 Å². The van der Waals surface area contributed by atoms with Crippen molar-refractivity contribution in [3.05, 3.63) is 353 Å². The molecule has 141 heavy (non-hydrogen) atoms. The zero-order valence-corrected chi connectivity index (χ0v) is 79.2. The number of nitrogens with two attached hydrogens (primary N) is 2. The van der Waals surface area contributed by atoms with Crippen LogP contribution in [0, 0.1) is 13.8 Å². The van der Waals surface area contributed by atoms with Crippen molar-refractivity contribution >= 4 is 59.3 Å². The molecule has 12 aromatic carbocycles. The van der Waals surface area contributed by atoms with Crippen molar-refractivity contribution in [1.82, 2.24) is 60.6 Å². The fraction of sp³-hybridized carbons (Fsp3) is 0.140. The lowest BCUT2D eigenvalue weighted by Gasteiger charge is -2.21. The molecular formula is C107H87F6N15O9S4. The summed E-state index contributed by atoms with van der Waals surface area (Å²) in [5.41, 5.74) is 15.4. The zero-order chi connectivity index (χ0) is 98.1. The first kappa shape index (κ1) is 95.7. The predicted octanol–water partition coefficient (Wildman–Crippen LogP) is 26.3. The van der Waals surface area contributed by atoms with Crippen molar-refractivity contribution in [1.29, 1.82) is 0 Å². The van der Waals surface area contributed by atoms with Gasteiger partial charge < -0.3 is 37.8 Å². The molecule has 0 bridgehead atoms. The molecule has 24 nitrogen and oxygen atoms in total. The fourth-order valence-electron chi connectivity index (χ4n) is 16.6. The second-order valence-electron chi connectivity index (χ2n) is 33.6. The van der Waals surface area contributed by atoms with Crippen LogP contribution in [0.5, 0.6) is 0 Å². The number of aromatic amines is 1. The van der Waals surface area contributed by atoms with Crippen LogP contribution in [0.15, 0.2) is 348 Å². The first-order valence-electron chi connectivity index (χ1n) is 44.6. The van der Waals surface area contributed by atoms with Gasteiger partial charge in [-0.15, -0.1) is 22.7 Å². The lowest BCUT2D eigenvalue weighted by Crippen LogP contribution is -2.11. The summed E-state index contributed by atoms with van der Waals surface area (Å²) in [5, 5.41) is 34.8. The van der Waals surface area contributed by atoms with E-state index in [0.29, 0.717) is 69.1 Å². The van der Waals surface area contributed by atoms with Crippen LogP contribution in [0.1, 0.15) is 75.6 Å². The van der Waals surface area contributed by atoms with Crippen molar-refractivity contribution < 1.29 is 65.8 Å². The van der Waals surface area contributed by atoms with Crippen LogP contribution in [0.4, 0.5) is 32.0 Å². The molecule has 20 aromatic rings. The van der Waals surface area contributed by atoms with Crippen LogP contribution in [-0.2, 0) is 45.4 Å². The molecule has 1 aliphatic heterocycles. The normalized spacial score (nSPS) is 12.7. The Balaban J connectivity index is 0.000000117. The minimum Gasteiger partial charge on any atom is -0.384 e. The Bertz CT molecular complexity index is 7990. The molecule has 1 fully saturated rings. The van der Waals surface area contributed by atoms with Gasteiger partial charge in [0.2, 0.25) is 49.2 Å². The summed E-state index contributed by atoms with van der Waals surface area (Å²) in [7, 11) is -3.61. The minimum atomic E-state index is -4.59. The summed E-state index contributed by atoms with van der Waals surface area (Å²) in [5.74, 6) is 4.24. The number of hydrogen-bond acceptors (Lipinski definition) is 23. The fourth-order valence-corrected chi connectivity index (χ4v) is 19.5. The van der Waals surface area contributed by atoms with E-state index >= 15 is 0 Å². The Morgan fingerprint density at radius 2 is 0.773 bits per heavy atom.